The molecule has 0 radical (unpaired) electrons. The minimum atomic E-state index is -0.228. The number of aryl methyl sites for hydroxylation is 1. The lowest BCUT2D eigenvalue weighted by Gasteiger charge is -2.46. The lowest BCUT2D eigenvalue weighted by Crippen LogP contribution is -2.45. The standard InChI is InChI=1S/C22H21Cl3N4O.C21H30O2/c1-14-20(22(30)27-28-11-3-2-4-12-28)26-29(19-10-9-17(24)13-18(19)25)21(14)15-5-7-16(23)8-6-15;1-5-6-7-8-15-12-18(22)20-16-11-14(2)9-10-17(16)21(3,4)23-19(20)13-15/h5-10,13H,2-4,11-12H2,1H3,(H,27,30);11-13,16-17,22H,5-10H2,1-4H3/t;16-,17-/m.1/s1. The number of amides is 1. The monoisotopic (exact) mass is 776 g/mol. The summed E-state index contributed by atoms with van der Waals surface area (Å²) in [6, 6.07) is 16.8. The van der Waals surface area contributed by atoms with Gasteiger partial charge >= 0.3 is 0 Å². The van der Waals surface area contributed by atoms with Crippen LogP contribution in [0.25, 0.3) is 16.9 Å². The first-order valence-electron chi connectivity index (χ1n) is 18.9. The molecule has 1 amide bonds. The molecule has 0 unspecified atom stereocenters. The summed E-state index contributed by atoms with van der Waals surface area (Å²) < 4.78 is 8.06. The van der Waals surface area contributed by atoms with Crippen LogP contribution in [-0.2, 0) is 6.42 Å². The van der Waals surface area contributed by atoms with Gasteiger partial charge in [-0.15, -0.1) is 0 Å². The number of allylic oxidation sites excluding steroid dienone is 2. The van der Waals surface area contributed by atoms with Crippen LogP contribution in [0.15, 0.2) is 66.2 Å². The molecule has 7 nitrogen and oxygen atoms in total. The second kappa shape index (κ2) is 16.9. The Balaban J connectivity index is 0.000000188. The van der Waals surface area contributed by atoms with Crippen molar-refractivity contribution < 1.29 is 14.6 Å². The fourth-order valence-corrected chi connectivity index (χ4v) is 8.61. The van der Waals surface area contributed by atoms with Crippen molar-refractivity contribution in [1.82, 2.24) is 20.2 Å². The van der Waals surface area contributed by atoms with Crippen molar-refractivity contribution in [2.75, 3.05) is 13.1 Å². The summed E-state index contributed by atoms with van der Waals surface area (Å²) >= 11 is 18.6. The van der Waals surface area contributed by atoms with Gasteiger partial charge in [-0.05, 0) is 114 Å². The third-order valence-corrected chi connectivity index (χ3v) is 11.6. The zero-order chi connectivity index (χ0) is 37.9. The average molecular weight is 778 g/mol. The Labute approximate surface area is 329 Å². The second-order valence-electron chi connectivity index (χ2n) is 15.2. The van der Waals surface area contributed by atoms with Crippen LogP contribution >= 0.6 is 34.8 Å². The van der Waals surface area contributed by atoms with E-state index < -0.39 is 0 Å². The first-order valence-corrected chi connectivity index (χ1v) is 20.1. The van der Waals surface area contributed by atoms with E-state index in [0.717, 1.165) is 73.3 Å². The van der Waals surface area contributed by atoms with Crippen LogP contribution in [0.2, 0.25) is 15.1 Å². The molecular weight excluding hydrogens is 727 g/mol. The number of hydrogen-bond acceptors (Lipinski definition) is 5. The number of aromatic nitrogens is 2. The lowest BCUT2D eigenvalue weighted by atomic mass is 9.68. The van der Waals surface area contributed by atoms with Crippen molar-refractivity contribution in [3.05, 3.63) is 104 Å². The number of nitrogens with one attached hydrogen (secondary N) is 1. The van der Waals surface area contributed by atoms with Crippen molar-refractivity contribution in [3.63, 3.8) is 0 Å². The number of carbonyl (C=O) groups is 1. The number of unbranched alkanes of at least 4 members (excludes halogenated alkanes) is 2. The highest BCUT2D eigenvalue weighted by molar-refractivity contribution is 6.35. The molecule has 53 heavy (non-hydrogen) atoms. The van der Waals surface area contributed by atoms with Gasteiger partial charge in [0.1, 0.15) is 17.1 Å². The average Bonchev–Trinajstić information content (AvgIpc) is 3.45. The molecule has 1 aliphatic carbocycles. The summed E-state index contributed by atoms with van der Waals surface area (Å²) in [6.07, 6.45) is 12.6. The van der Waals surface area contributed by atoms with Crippen LogP contribution in [0.3, 0.4) is 0 Å². The second-order valence-corrected chi connectivity index (χ2v) is 16.5. The fraction of sp³-hybridized carbons (Fsp3) is 0.442. The smallest absolute Gasteiger partial charge is 0.286 e. The van der Waals surface area contributed by atoms with Gasteiger partial charge in [0.15, 0.2) is 5.69 Å². The number of fused-ring (bicyclic) bond motifs is 3. The van der Waals surface area contributed by atoms with Crippen molar-refractivity contribution in [1.29, 1.82) is 0 Å². The van der Waals surface area contributed by atoms with Crippen molar-refractivity contribution in [2.45, 2.75) is 104 Å². The van der Waals surface area contributed by atoms with E-state index in [1.165, 1.54) is 36.8 Å². The molecule has 3 heterocycles. The lowest BCUT2D eigenvalue weighted by molar-refractivity contribution is 0.0107. The number of phenols is 1. The Hall–Kier alpha value is -3.49. The molecule has 2 aliphatic heterocycles. The van der Waals surface area contributed by atoms with Crippen molar-refractivity contribution >= 4 is 40.7 Å². The van der Waals surface area contributed by atoms with E-state index in [9.17, 15) is 9.90 Å². The summed E-state index contributed by atoms with van der Waals surface area (Å²) in [5, 5.41) is 18.9. The summed E-state index contributed by atoms with van der Waals surface area (Å²) in [5.41, 5.74) is 9.88. The van der Waals surface area contributed by atoms with Gasteiger partial charge in [-0.1, -0.05) is 84.8 Å². The number of piperidine rings is 1. The van der Waals surface area contributed by atoms with Gasteiger partial charge in [-0.2, -0.15) is 5.10 Å². The van der Waals surface area contributed by atoms with Crippen LogP contribution in [0.1, 0.15) is 112 Å². The Morgan fingerprint density at radius 1 is 0.981 bits per heavy atom. The Bertz CT molecular complexity index is 1960. The van der Waals surface area contributed by atoms with Crippen LogP contribution in [-0.4, -0.2) is 44.5 Å². The molecule has 3 aromatic carbocycles. The third kappa shape index (κ3) is 8.91. The number of phenolic OH excluding ortho intramolecular Hbond substituents is 1. The number of rotatable bonds is 8. The minimum absolute atomic E-state index is 0.177. The Kier molecular flexibility index (Phi) is 12.5. The molecule has 1 fully saturated rings. The van der Waals surface area contributed by atoms with Gasteiger partial charge in [-0.25, -0.2) is 9.69 Å². The molecule has 0 spiro atoms. The number of halogens is 3. The van der Waals surface area contributed by atoms with Crippen molar-refractivity contribution in [3.8, 4) is 28.4 Å². The van der Waals surface area contributed by atoms with Crippen LogP contribution in [0, 0.1) is 12.8 Å². The van der Waals surface area contributed by atoms with Crippen LogP contribution in [0.5, 0.6) is 11.5 Å². The number of aromatic hydroxyl groups is 1. The highest BCUT2D eigenvalue weighted by atomic mass is 35.5. The summed E-state index contributed by atoms with van der Waals surface area (Å²) in [6.45, 7) is 12.4. The van der Waals surface area contributed by atoms with E-state index in [1.807, 2.05) is 42.3 Å². The Morgan fingerprint density at radius 2 is 1.70 bits per heavy atom. The van der Waals surface area contributed by atoms with E-state index in [-0.39, 0.29) is 17.4 Å². The molecule has 2 atom stereocenters. The maximum Gasteiger partial charge on any atom is 0.286 e. The fourth-order valence-electron chi connectivity index (χ4n) is 7.99. The van der Waals surface area contributed by atoms with E-state index in [0.29, 0.717) is 38.1 Å². The number of ether oxygens (including phenoxy) is 1. The number of benzene rings is 3. The van der Waals surface area contributed by atoms with Gasteiger partial charge in [0.25, 0.3) is 5.91 Å². The predicted molar refractivity (Wildman–Crippen MR) is 217 cm³/mol. The maximum absolute atomic E-state index is 13.1. The zero-order valence-corrected chi connectivity index (χ0v) is 33.7. The minimum Gasteiger partial charge on any atom is -0.507 e. The zero-order valence-electron chi connectivity index (χ0n) is 31.4. The van der Waals surface area contributed by atoms with Crippen LogP contribution in [0.4, 0.5) is 0 Å². The quantitative estimate of drug-likeness (QED) is 0.138. The summed E-state index contributed by atoms with van der Waals surface area (Å²) in [4.78, 5) is 13.1. The topological polar surface area (TPSA) is 79.6 Å². The number of hydrazine groups is 1. The number of hydrogen-bond donors (Lipinski definition) is 2. The first kappa shape index (κ1) is 39.2. The molecule has 10 heteroatoms. The van der Waals surface area contributed by atoms with Gasteiger partial charge < -0.3 is 9.84 Å². The normalized spacial score (nSPS) is 19.2. The van der Waals surface area contributed by atoms with E-state index >= 15 is 0 Å². The first-order chi connectivity index (χ1) is 25.4. The highest BCUT2D eigenvalue weighted by Gasteiger charge is 2.45. The third-order valence-electron chi connectivity index (χ3n) is 10.8. The van der Waals surface area contributed by atoms with Crippen LogP contribution < -0.4 is 10.2 Å². The van der Waals surface area contributed by atoms with Gasteiger partial charge in [0, 0.05) is 51.7 Å². The molecule has 1 saturated heterocycles. The SMILES string of the molecule is CCCCCc1cc(O)c2c(c1)OC(C)(C)[C@@H]1CCC(C)=C[C@@H]21.Cc1c(C(=O)NN2CCCCC2)nn(-c2ccc(Cl)cc2Cl)c1-c1ccc(Cl)cc1. The van der Waals surface area contributed by atoms with E-state index in [2.05, 4.69) is 50.4 Å². The molecule has 7 rings (SSSR count). The molecule has 4 aromatic rings. The molecule has 0 bridgehead atoms. The van der Waals surface area contributed by atoms with E-state index in [1.54, 1.807) is 22.9 Å². The molecule has 1 aromatic heterocycles. The van der Waals surface area contributed by atoms with Gasteiger partial charge in [0.2, 0.25) is 0 Å². The summed E-state index contributed by atoms with van der Waals surface area (Å²) in [5.74, 6) is 1.82. The maximum atomic E-state index is 13.1. The molecule has 3 aliphatic rings. The van der Waals surface area contributed by atoms with Gasteiger partial charge in [-0.3, -0.25) is 10.2 Å². The summed E-state index contributed by atoms with van der Waals surface area (Å²) in [7, 11) is 0. The molecule has 282 valence electrons. The van der Waals surface area contributed by atoms with Crippen molar-refractivity contribution in [2.24, 2.45) is 5.92 Å². The van der Waals surface area contributed by atoms with Gasteiger partial charge in [0.05, 0.1) is 16.4 Å². The molecular formula is C43H51Cl3N4O3. The predicted octanol–water partition coefficient (Wildman–Crippen LogP) is 11.7. The number of nitrogens with zero attached hydrogens (tertiary/aromatic N) is 3. The van der Waals surface area contributed by atoms with E-state index in [4.69, 9.17) is 39.5 Å². The molecule has 2 N–H and O–H groups in total. The molecule has 0 saturated carbocycles. The Morgan fingerprint density at radius 3 is 2.40 bits per heavy atom. The highest BCUT2D eigenvalue weighted by Crippen LogP contribution is 2.53. The number of carbonyl (C=O) groups excluding carboxylic acids is 1. The largest absolute Gasteiger partial charge is 0.507 e.